The molecule has 0 bridgehead atoms. The van der Waals surface area contributed by atoms with Crippen molar-refractivity contribution < 1.29 is 14.3 Å². The zero-order valence-corrected chi connectivity index (χ0v) is 13.0. The Bertz CT molecular complexity index is 433. The molecule has 1 unspecified atom stereocenters. The molecule has 1 fully saturated rings. The molecule has 1 amide bonds. The zero-order valence-electron chi connectivity index (χ0n) is 11.4. The van der Waals surface area contributed by atoms with Gasteiger partial charge in [-0.15, -0.1) is 0 Å². The fourth-order valence-electron chi connectivity index (χ4n) is 2.11. The Hall–Kier alpha value is -0.910. The first-order chi connectivity index (χ1) is 9.77. The van der Waals surface area contributed by atoms with Crippen molar-refractivity contribution in [1.82, 2.24) is 5.32 Å². The SMILES string of the molecule is O=C(NCCCOCC1CCCO1)c1ccccc1Br. The van der Waals surface area contributed by atoms with Crippen LogP contribution in [0.4, 0.5) is 0 Å². The number of rotatable bonds is 7. The van der Waals surface area contributed by atoms with E-state index in [4.69, 9.17) is 9.47 Å². The maximum Gasteiger partial charge on any atom is 0.252 e. The molecule has 0 saturated carbocycles. The van der Waals surface area contributed by atoms with E-state index in [1.54, 1.807) is 6.07 Å². The van der Waals surface area contributed by atoms with Gasteiger partial charge in [-0.05, 0) is 47.3 Å². The minimum Gasteiger partial charge on any atom is -0.379 e. The lowest BCUT2D eigenvalue weighted by atomic mass is 10.2. The summed E-state index contributed by atoms with van der Waals surface area (Å²) >= 11 is 3.37. The predicted octanol–water partition coefficient (Wildman–Crippen LogP) is 2.76. The molecule has 1 aliphatic heterocycles. The second-order valence-electron chi connectivity index (χ2n) is 4.80. The van der Waals surface area contributed by atoms with Gasteiger partial charge < -0.3 is 14.8 Å². The number of hydrogen-bond acceptors (Lipinski definition) is 3. The summed E-state index contributed by atoms with van der Waals surface area (Å²) in [5.74, 6) is -0.0587. The molecule has 5 heteroatoms. The number of carbonyl (C=O) groups is 1. The maximum atomic E-state index is 11.9. The van der Waals surface area contributed by atoms with Gasteiger partial charge in [-0.1, -0.05) is 12.1 Å². The van der Waals surface area contributed by atoms with Crippen LogP contribution >= 0.6 is 15.9 Å². The average molecular weight is 342 g/mol. The normalized spacial score (nSPS) is 18.1. The summed E-state index contributed by atoms with van der Waals surface area (Å²) in [5.41, 5.74) is 0.660. The number of carbonyl (C=O) groups excluding carboxylic acids is 1. The second kappa shape index (κ2) is 8.39. The lowest BCUT2D eigenvalue weighted by molar-refractivity contribution is 0.0166. The predicted molar refractivity (Wildman–Crippen MR) is 80.9 cm³/mol. The van der Waals surface area contributed by atoms with Crippen LogP contribution in [-0.4, -0.2) is 38.4 Å². The molecule has 4 nitrogen and oxygen atoms in total. The van der Waals surface area contributed by atoms with E-state index in [1.165, 1.54) is 0 Å². The third kappa shape index (κ3) is 4.89. The van der Waals surface area contributed by atoms with Crippen molar-refractivity contribution in [3.8, 4) is 0 Å². The molecule has 1 aliphatic rings. The molecule has 0 aliphatic carbocycles. The van der Waals surface area contributed by atoms with Gasteiger partial charge in [-0.3, -0.25) is 4.79 Å². The molecule has 0 aromatic heterocycles. The highest BCUT2D eigenvalue weighted by atomic mass is 79.9. The first-order valence-corrected chi connectivity index (χ1v) is 7.79. The number of halogens is 1. The van der Waals surface area contributed by atoms with E-state index in [1.807, 2.05) is 18.2 Å². The van der Waals surface area contributed by atoms with E-state index in [0.717, 1.165) is 30.3 Å². The third-order valence-electron chi connectivity index (χ3n) is 3.20. The lowest BCUT2D eigenvalue weighted by Crippen LogP contribution is -2.26. The van der Waals surface area contributed by atoms with Crippen LogP contribution in [-0.2, 0) is 9.47 Å². The molecule has 0 radical (unpaired) electrons. The fraction of sp³-hybridized carbons (Fsp3) is 0.533. The Kier molecular flexibility index (Phi) is 6.50. The first kappa shape index (κ1) is 15.5. The van der Waals surface area contributed by atoms with Crippen LogP contribution < -0.4 is 5.32 Å². The summed E-state index contributed by atoms with van der Waals surface area (Å²) < 4.78 is 11.8. The summed E-state index contributed by atoms with van der Waals surface area (Å²) in [6.07, 6.45) is 3.31. The lowest BCUT2D eigenvalue weighted by Gasteiger charge is -2.10. The summed E-state index contributed by atoms with van der Waals surface area (Å²) in [6, 6.07) is 7.40. The van der Waals surface area contributed by atoms with Crippen LogP contribution in [0.25, 0.3) is 0 Å². The summed E-state index contributed by atoms with van der Waals surface area (Å²) in [6.45, 7) is 2.79. The van der Waals surface area contributed by atoms with Gasteiger partial charge in [0.25, 0.3) is 5.91 Å². The molecular formula is C15H20BrNO3. The molecule has 1 aromatic carbocycles. The summed E-state index contributed by atoms with van der Waals surface area (Å²) in [5, 5.41) is 2.89. The Morgan fingerprint density at radius 1 is 1.45 bits per heavy atom. The van der Waals surface area contributed by atoms with Gasteiger partial charge in [-0.2, -0.15) is 0 Å². The first-order valence-electron chi connectivity index (χ1n) is 6.99. The molecule has 1 aromatic rings. The van der Waals surface area contributed by atoms with Crippen molar-refractivity contribution >= 4 is 21.8 Å². The van der Waals surface area contributed by atoms with Crippen molar-refractivity contribution in [3.05, 3.63) is 34.3 Å². The Balaban J connectivity index is 1.56. The minimum atomic E-state index is -0.0587. The molecule has 1 N–H and O–H groups in total. The number of amides is 1. The highest BCUT2D eigenvalue weighted by Gasteiger charge is 2.15. The molecule has 110 valence electrons. The highest BCUT2D eigenvalue weighted by molar-refractivity contribution is 9.10. The van der Waals surface area contributed by atoms with E-state index in [2.05, 4.69) is 21.2 Å². The van der Waals surface area contributed by atoms with Crippen LogP contribution in [0, 0.1) is 0 Å². The van der Waals surface area contributed by atoms with Crippen LogP contribution in [0.15, 0.2) is 28.7 Å². The van der Waals surface area contributed by atoms with E-state index in [-0.39, 0.29) is 12.0 Å². The van der Waals surface area contributed by atoms with Gasteiger partial charge in [0.05, 0.1) is 18.3 Å². The van der Waals surface area contributed by atoms with Crippen molar-refractivity contribution in [3.63, 3.8) is 0 Å². The van der Waals surface area contributed by atoms with E-state index in [9.17, 15) is 4.79 Å². The van der Waals surface area contributed by atoms with Gasteiger partial charge >= 0.3 is 0 Å². The van der Waals surface area contributed by atoms with Gasteiger partial charge in [-0.25, -0.2) is 0 Å². The van der Waals surface area contributed by atoms with Gasteiger partial charge in [0.1, 0.15) is 0 Å². The smallest absolute Gasteiger partial charge is 0.252 e. The molecule has 1 heterocycles. The van der Waals surface area contributed by atoms with Crippen molar-refractivity contribution in [2.24, 2.45) is 0 Å². The Morgan fingerprint density at radius 3 is 3.05 bits per heavy atom. The fourth-order valence-corrected chi connectivity index (χ4v) is 2.57. The number of benzene rings is 1. The number of hydrogen-bond donors (Lipinski definition) is 1. The largest absolute Gasteiger partial charge is 0.379 e. The second-order valence-corrected chi connectivity index (χ2v) is 5.65. The minimum absolute atomic E-state index is 0.0587. The monoisotopic (exact) mass is 341 g/mol. The average Bonchev–Trinajstić information content (AvgIpc) is 2.96. The van der Waals surface area contributed by atoms with Crippen LogP contribution in [0.5, 0.6) is 0 Å². The van der Waals surface area contributed by atoms with Crippen molar-refractivity contribution in [2.75, 3.05) is 26.4 Å². The van der Waals surface area contributed by atoms with Gasteiger partial charge in [0.2, 0.25) is 0 Å². The molecule has 2 rings (SSSR count). The van der Waals surface area contributed by atoms with Crippen LogP contribution in [0.2, 0.25) is 0 Å². The van der Waals surface area contributed by atoms with Crippen LogP contribution in [0.1, 0.15) is 29.6 Å². The Labute approximate surface area is 128 Å². The van der Waals surface area contributed by atoms with E-state index < -0.39 is 0 Å². The number of nitrogens with one attached hydrogen (secondary N) is 1. The van der Waals surface area contributed by atoms with E-state index >= 15 is 0 Å². The third-order valence-corrected chi connectivity index (χ3v) is 3.89. The molecule has 20 heavy (non-hydrogen) atoms. The molecule has 0 spiro atoms. The quantitative estimate of drug-likeness (QED) is 0.775. The number of ether oxygens (including phenoxy) is 2. The summed E-state index contributed by atoms with van der Waals surface area (Å²) in [7, 11) is 0. The van der Waals surface area contributed by atoms with Gasteiger partial charge in [0.15, 0.2) is 0 Å². The molecule has 1 atom stereocenters. The van der Waals surface area contributed by atoms with Crippen molar-refractivity contribution in [1.29, 1.82) is 0 Å². The van der Waals surface area contributed by atoms with Gasteiger partial charge in [0, 0.05) is 24.2 Å². The molecule has 1 saturated heterocycles. The Morgan fingerprint density at radius 2 is 2.30 bits per heavy atom. The zero-order chi connectivity index (χ0) is 14.2. The van der Waals surface area contributed by atoms with E-state index in [0.29, 0.717) is 25.3 Å². The standard InChI is InChI=1S/C15H20BrNO3/c16-14-7-2-1-6-13(14)15(18)17-8-4-9-19-11-12-5-3-10-20-12/h1-2,6-7,12H,3-5,8-11H2,(H,17,18). The summed E-state index contributed by atoms with van der Waals surface area (Å²) in [4.78, 5) is 11.9. The highest BCUT2D eigenvalue weighted by Crippen LogP contribution is 2.15. The maximum absolute atomic E-state index is 11.9. The topological polar surface area (TPSA) is 47.6 Å². The van der Waals surface area contributed by atoms with Crippen LogP contribution in [0.3, 0.4) is 0 Å². The van der Waals surface area contributed by atoms with Crippen molar-refractivity contribution in [2.45, 2.75) is 25.4 Å². The molecular weight excluding hydrogens is 322 g/mol.